The summed E-state index contributed by atoms with van der Waals surface area (Å²) in [4.78, 5) is 19.0. The molecular formula is C16H16BrN3O. The van der Waals surface area contributed by atoms with Crippen LogP contribution in [0.25, 0.3) is 10.9 Å². The minimum absolute atomic E-state index is 0.0248. The van der Waals surface area contributed by atoms with E-state index in [9.17, 15) is 4.79 Å². The Kier molecular flexibility index (Phi) is 3.19. The number of anilines is 1. The Hall–Kier alpha value is -1.46. The molecule has 4 nitrogen and oxygen atoms in total. The SMILES string of the molecule is O=C1C(NC2CC2)CCN1c1cccc2cc(Br)cnc12. The third kappa shape index (κ3) is 2.45. The van der Waals surface area contributed by atoms with Gasteiger partial charge in [-0.15, -0.1) is 0 Å². The van der Waals surface area contributed by atoms with Crippen LogP contribution >= 0.6 is 15.9 Å². The molecule has 2 aliphatic rings. The first-order valence-electron chi connectivity index (χ1n) is 7.34. The number of carbonyl (C=O) groups excluding carboxylic acids is 1. The highest BCUT2D eigenvalue weighted by molar-refractivity contribution is 9.10. The second-order valence-corrected chi connectivity index (χ2v) is 6.69. The zero-order valence-corrected chi connectivity index (χ0v) is 13.1. The van der Waals surface area contributed by atoms with Gasteiger partial charge in [-0.05, 0) is 47.3 Å². The summed E-state index contributed by atoms with van der Waals surface area (Å²) in [5, 5.41) is 4.49. The van der Waals surface area contributed by atoms with Crippen molar-refractivity contribution >= 4 is 38.4 Å². The predicted octanol–water partition coefficient (Wildman–Crippen LogP) is 2.85. The van der Waals surface area contributed by atoms with E-state index in [1.807, 2.05) is 29.2 Å². The zero-order chi connectivity index (χ0) is 14.4. The average molecular weight is 346 g/mol. The highest BCUT2D eigenvalue weighted by atomic mass is 79.9. The molecule has 1 aromatic carbocycles. The summed E-state index contributed by atoms with van der Waals surface area (Å²) in [6.07, 6.45) is 5.07. The Bertz CT molecular complexity index is 714. The number of halogens is 1. The molecule has 108 valence electrons. The van der Waals surface area contributed by atoms with Crippen molar-refractivity contribution in [2.24, 2.45) is 0 Å². The maximum atomic E-state index is 12.6. The summed E-state index contributed by atoms with van der Waals surface area (Å²) in [6.45, 7) is 0.764. The number of aromatic nitrogens is 1. The van der Waals surface area contributed by atoms with Crippen LogP contribution in [0.1, 0.15) is 19.3 Å². The van der Waals surface area contributed by atoms with Crippen LogP contribution in [-0.2, 0) is 4.79 Å². The molecule has 2 fully saturated rings. The smallest absolute Gasteiger partial charge is 0.244 e. The second kappa shape index (κ2) is 5.07. The maximum Gasteiger partial charge on any atom is 0.244 e. The number of carbonyl (C=O) groups is 1. The van der Waals surface area contributed by atoms with E-state index in [1.54, 1.807) is 6.20 Å². The molecule has 1 aromatic heterocycles. The number of rotatable bonds is 3. The molecule has 1 unspecified atom stereocenters. The summed E-state index contributed by atoms with van der Waals surface area (Å²) in [7, 11) is 0. The minimum atomic E-state index is -0.0248. The van der Waals surface area contributed by atoms with Gasteiger partial charge in [0.15, 0.2) is 0 Å². The number of hydrogen-bond donors (Lipinski definition) is 1. The lowest BCUT2D eigenvalue weighted by Gasteiger charge is -2.18. The Morgan fingerprint density at radius 2 is 2.14 bits per heavy atom. The molecule has 5 heteroatoms. The molecule has 1 saturated heterocycles. The monoisotopic (exact) mass is 345 g/mol. The number of nitrogens with zero attached hydrogens (tertiary/aromatic N) is 2. The first-order chi connectivity index (χ1) is 10.2. The number of fused-ring (bicyclic) bond motifs is 1. The molecule has 1 aliphatic carbocycles. The van der Waals surface area contributed by atoms with Crippen molar-refractivity contribution in [3.05, 3.63) is 34.9 Å². The van der Waals surface area contributed by atoms with E-state index in [4.69, 9.17) is 0 Å². The summed E-state index contributed by atoms with van der Waals surface area (Å²) >= 11 is 3.44. The Morgan fingerprint density at radius 1 is 1.29 bits per heavy atom. The predicted molar refractivity (Wildman–Crippen MR) is 86.4 cm³/mol. The minimum Gasteiger partial charge on any atom is -0.309 e. The van der Waals surface area contributed by atoms with E-state index in [2.05, 4.69) is 26.2 Å². The van der Waals surface area contributed by atoms with Crippen molar-refractivity contribution in [1.29, 1.82) is 0 Å². The Balaban J connectivity index is 1.68. The lowest BCUT2D eigenvalue weighted by atomic mass is 10.2. The van der Waals surface area contributed by atoms with Gasteiger partial charge in [0.25, 0.3) is 0 Å². The molecule has 2 heterocycles. The number of hydrogen-bond acceptors (Lipinski definition) is 3. The zero-order valence-electron chi connectivity index (χ0n) is 11.6. The van der Waals surface area contributed by atoms with E-state index in [0.717, 1.165) is 34.0 Å². The van der Waals surface area contributed by atoms with Gasteiger partial charge in [-0.1, -0.05) is 12.1 Å². The van der Waals surface area contributed by atoms with Gasteiger partial charge < -0.3 is 10.2 Å². The fourth-order valence-electron chi connectivity index (χ4n) is 2.94. The van der Waals surface area contributed by atoms with E-state index in [1.165, 1.54) is 12.8 Å². The van der Waals surface area contributed by atoms with Crippen LogP contribution in [-0.4, -0.2) is 29.5 Å². The molecular weight excluding hydrogens is 330 g/mol. The number of benzene rings is 1. The van der Waals surface area contributed by atoms with E-state index < -0.39 is 0 Å². The summed E-state index contributed by atoms with van der Waals surface area (Å²) in [5.41, 5.74) is 1.81. The van der Waals surface area contributed by atoms with E-state index in [-0.39, 0.29) is 11.9 Å². The normalized spacial score (nSPS) is 22.2. The van der Waals surface area contributed by atoms with Crippen molar-refractivity contribution in [1.82, 2.24) is 10.3 Å². The molecule has 0 bridgehead atoms. The molecule has 1 aliphatic heterocycles. The average Bonchev–Trinajstić information content (AvgIpc) is 3.22. The van der Waals surface area contributed by atoms with E-state index in [0.29, 0.717) is 6.04 Å². The summed E-state index contributed by atoms with van der Waals surface area (Å²) in [6, 6.07) is 8.56. The van der Waals surface area contributed by atoms with Crippen LogP contribution in [0.5, 0.6) is 0 Å². The number of nitrogens with one attached hydrogen (secondary N) is 1. The van der Waals surface area contributed by atoms with Gasteiger partial charge in [-0.3, -0.25) is 9.78 Å². The van der Waals surface area contributed by atoms with Gasteiger partial charge in [-0.2, -0.15) is 0 Å². The molecule has 0 radical (unpaired) electrons. The molecule has 21 heavy (non-hydrogen) atoms. The molecule has 1 saturated carbocycles. The molecule has 4 rings (SSSR count). The fourth-order valence-corrected chi connectivity index (χ4v) is 3.29. The van der Waals surface area contributed by atoms with Crippen molar-refractivity contribution in [2.75, 3.05) is 11.4 Å². The fraction of sp³-hybridized carbons (Fsp3) is 0.375. The van der Waals surface area contributed by atoms with Crippen LogP contribution in [0.15, 0.2) is 34.9 Å². The van der Waals surface area contributed by atoms with Gasteiger partial charge in [-0.25, -0.2) is 0 Å². The molecule has 1 atom stereocenters. The number of para-hydroxylation sites is 1. The standard InChI is InChI=1S/C16H16BrN3O/c17-11-8-10-2-1-3-14(15(10)18-9-11)20-7-6-13(16(20)21)19-12-4-5-12/h1-3,8-9,12-13,19H,4-7H2. The largest absolute Gasteiger partial charge is 0.309 e. The molecule has 1 amide bonds. The molecule has 2 aromatic rings. The van der Waals surface area contributed by atoms with Crippen LogP contribution in [0.2, 0.25) is 0 Å². The number of pyridine rings is 1. The van der Waals surface area contributed by atoms with Crippen molar-refractivity contribution in [2.45, 2.75) is 31.3 Å². The lowest BCUT2D eigenvalue weighted by Crippen LogP contribution is -2.39. The topological polar surface area (TPSA) is 45.2 Å². The summed E-state index contributed by atoms with van der Waals surface area (Å²) in [5.74, 6) is 0.180. The van der Waals surface area contributed by atoms with Gasteiger partial charge in [0.05, 0.1) is 17.2 Å². The number of amides is 1. The quantitative estimate of drug-likeness (QED) is 0.930. The van der Waals surface area contributed by atoms with Crippen molar-refractivity contribution < 1.29 is 4.79 Å². The van der Waals surface area contributed by atoms with Crippen LogP contribution in [0.4, 0.5) is 5.69 Å². The maximum absolute atomic E-state index is 12.6. The van der Waals surface area contributed by atoms with Gasteiger partial charge in [0.1, 0.15) is 0 Å². The first-order valence-corrected chi connectivity index (χ1v) is 8.13. The Morgan fingerprint density at radius 3 is 2.95 bits per heavy atom. The highest BCUT2D eigenvalue weighted by Gasteiger charge is 2.36. The first kappa shape index (κ1) is 13.2. The van der Waals surface area contributed by atoms with Crippen molar-refractivity contribution in [3.8, 4) is 0 Å². The second-order valence-electron chi connectivity index (χ2n) is 5.77. The summed E-state index contributed by atoms with van der Waals surface area (Å²) < 4.78 is 0.952. The third-order valence-electron chi connectivity index (χ3n) is 4.17. The van der Waals surface area contributed by atoms with Crippen LogP contribution in [0, 0.1) is 0 Å². The highest BCUT2D eigenvalue weighted by Crippen LogP contribution is 2.31. The van der Waals surface area contributed by atoms with Gasteiger partial charge >= 0.3 is 0 Å². The van der Waals surface area contributed by atoms with Crippen LogP contribution < -0.4 is 10.2 Å². The Labute approximate surface area is 131 Å². The third-order valence-corrected chi connectivity index (χ3v) is 4.60. The van der Waals surface area contributed by atoms with Gasteiger partial charge in [0, 0.05) is 28.6 Å². The van der Waals surface area contributed by atoms with Crippen molar-refractivity contribution in [3.63, 3.8) is 0 Å². The van der Waals surface area contributed by atoms with Gasteiger partial charge in [0.2, 0.25) is 5.91 Å². The lowest BCUT2D eigenvalue weighted by molar-refractivity contribution is -0.118. The molecule has 0 spiro atoms. The molecule has 1 N–H and O–H groups in total. The van der Waals surface area contributed by atoms with E-state index >= 15 is 0 Å². The van der Waals surface area contributed by atoms with Crippen LogP contribution in [0.3, 0.4) is 0 Å².